The van der Waals surface area contributed by atoms with E-state index in [0.29, 0.717) is 29.3 Å². The molecule has 32 heavy (non-hydrogen) atoms. The van der Waals surface area contributed by atoms with Crippen LogP contribution >= 0.6 is 0 Å². The second kappa shape index (κ2) is 12.4. The van der Waals surface area contributed by atoms with Gasteiger partial charge in [-0.15, -0.1) is 0 Å². The topological polar surface area (TPSA) is 101 Å². The molecule has 0 spiro atoms. The number of aliphatic hydroxyl groups is 2. The van der Waals surface area contributed by atoms with Crippen LogP contribution in [0.2, 0.25) is 0 Å². The van der Waals surface area contributed by atoms with Crippen LogP contribution in [0.1, 0.15) is 37.6 Å². The largest absolute Gasteiger partial charge is 0.488 e. The molecule has 7 nitrogen and oxygen atoms in total. The Labute approximate surface area is 186 Å². The van der Waals surface area contributed by atoms with Gasteiger partial charge < -0.3 is 25.0 Å². The fourth-order valence-corrected chi connectivity index (χ4v) is 3.02. The maximum atomic E-state index is 13.1. The maximum Gasteiger partial charge on any atom is 0.253 e. The Bertz CT molecular complexity index is 856. The number of carbonyl (C=O) groups is 1. The summed E-state index contributed by atoms with van der Waals surface area (Å²) in [6.07, 6.45) is 0.823. The van der Waals surface area contributed by atoms with Gasteiger partial charge in [0.25, 0.3) is 5.91 Å². The molecule has 1 saturated heterocycles. The Balaban J connectivity index is 0.000000258. The van der Waals surface area contributed by atoms with Crippen molar-refractivity contribution in [2.24, 2.45) is 5.92 Å². The van der Waals surface area contributed by atoms with Crippen molar-refractivity contribution in [3.8, 4) is 5.75 Å². The van der Waals surface area contributed by atoms with Crippen molar-refractivity contribution in [3.05, 3.63) is 53.6 Å². The molecule has 1 aromatic heterocycles. The van der Waals surface area contributed by atoms with Crippen molar-refractivity contribution < 1.29 is 33.3 Å². The number of rotatable bonds is 7. The quantitative estimate of drug-likeness (QED) is 0.596. The summed E-state index contributed by atoms with van der Waals surface area (Å²) in [6.45, 7) is 4.57. The molecule has 0 bridgehead atoms. The van der Waals surface area contributed by atoms with Gasteiger partial charge in [-0.25, -0.2) is 8.78 Å². The molecule has 176 valence electrons. The summed E-state index contributed by atoms with van der Waals surface area (Å²) >= 11 is 0. The molecule has 4 unspecified atom stereocenters. The van der Waals surface area contributed by atoms with Crippen LogP contribution in [0.4, 0.5) is 14.5 Å². The maximum absolute atomic E-state index is 13.1. The Hall–Kier alpha value is -2.62. The molecule has 2 heterocycles. The number of aliphatic hydroxyl groups excluding tert-OH is 2. The number of alkyl halides is 1. The molecule has 0 aliphatic carbocycles. The van der Waals surface area contributed by atoms with E-state index in [-0.39, 0.29) is 31.0 Å². The number of anilines is 1. The van der Waals surface area contributed by atoms with Crippen molar-refractivity contribution in [2.45, 2.75) is 45.5 Å². The van der Waals surface area contributed by atoms with Crippen LogP contribution in [0.5, 0.6) is 5.75 Å². The van der Waals surface area contributed by atoms with E-state index in [2.05, 4.69) is 17.2 Å². The van der Waals surface area contributed by atoms with Crippen molar-refractivity contribution in [1.82, 2.24) is 4.98 Å². The molecule has 1 aliphatic heterocycles. The number of aryl methyl sites for hydroxylation is 1. The Morgan fingerprint density at radius 3 is 2.66 bits per heavy atom. The van der Waals surface area contributed by atoms with Crippen LogP contribution in [0.15, 0.2) is 36.5 Å². The molecule has 3 N–H and O–H groups in total. The number of pyridine rings is 1. The molecular weight excluding hydrogens is 422 g/mol. The summed E-state index contributed by atoms with van der Waals surface area (Å²) in [5, 5.41) is 21.0. The first-order valence-corrected chi connectivity index (χ1v) is 10.4. The second-order valence-electron chi connectivity index (χ2n) is 7.63. The van der Waals surface area contributed by atoms with Crippen LogP contribution in [0, 0.1) is 18.7 Å². The predicted octanol–water partition coefficient (Wildman–Crippen LogP) is 3.34. The van der Waals surface area contributed by atoms with E-state index in [1.54, 1.807) is 31.2 Å². The first-order valence-electron chi connectivity index (χ1n) is 10.4. The first kappa shape index (κ1) is 25.6. The van der Waals surface area contributed by atoms with Gasteiger partial charge in [-0.2, -0.15) is 0 Å². The van der Waals surface area contributed by atoms with E-state index in [0.717, 1.165) is 0 Å². The molecule has 2 aromatic rings. The zero-order valence-corrected chi connectivity index (χ0v) is 18.4. The summed E-state index contributed by atoms with van der Waals surface area (Å²) in [5.41, 5.74) is 1.41. The highest BCUT2D eigenvalue weighted by molar-refractivity contribution is 5.94. The van der Waals surface area contributed by atoms with Crippen LogP contribution in [-0.2, 0) is 9.53 Å². The molecular formula is C23H30F2N2O5. The molecule has 1 aromatic carbocycles. The predicted molar refractivity (Wildman–Crippen MR) is 116 cm³/mol. The molecule has 1 aliphatic rings. The van der Waals surface area contributed by atoms with Gasteiger partial charge in [0.15, 0.2) is 11.6 Å². The highest BCUT2D eigenvalue weighted by Gasteiger charge is 2.33. The molecule has 9 heteroatoms. The monoisotopic (exact) mass is 452 g/mol. The summed E-state index contributed by atoms with van der Waals surface area (Å²) in [6, 6.07) is 8.00. The molecule has 0 radical (unpaired) electrons. The van der Waals surface area contributed by atoms with Gasteiger partial charge in [0, 0.05) is 0 Å². The number of halogens is 2. The molecule has 3 rings (SSSR count). The van der Waals surface area contributed by atoms with E-state index in [9.17, 15) is 18.7 Å². The summed E-state index contributed by atoms with van der Waals surface area (Å²) < 4.78 is 35.1. The van der Waals surface area contributed by atoms with Crippen molar-refractivity contribution in [3.63, 3.8) is 0 Å². The van der Waals surface area contributed by atoms with Crippen molar-refractivity contribution >= 4 is 11.6 Å². The zero-order valence-electron chi connectivity index (χ0n) is 18.4. The number of carbonyl (C=O) groups excluding carboxylic acids is 1. The van der Waals surface area contributed by atoms with Crippen LogP contribution < -0.4 is 10.1 Å². The molecule has 1 amide bonds. The van der Waals surface area contributed by atoms with Crippen LogP contribution in [0.3, 0.4) is 0 Å². The summed E-state index contributed by atoms with van der Waals surface area (Å²) in [7, 11) is 0. The zero-order chi connectivity index (χ0) is 23.7. The van der Waals surface area contributed by atoms with Crippen molar-refractivity contribution in [2.75, 3.05) is 25.2 Å². The van der Waals surface area contributed by atoms with E-state index in [1.165, 1.54) is 12.3 Å². The number of nitrogens with zero attached hydrogens (tertiary/aromatic N) is 1. The average molecular weight is 452 g/mol. The van der Waals surface area contributed by atoms with Gasteiger partial charge in [0.1, 0.15) is 25.5 Å². The third-order valence-electron chi connectivity index (χ3n) is 5.12. The number of aromatic nitrogens is 1. The van der Waals surface area contributed by atoms with E-state index < -0.39 is 24.7 Å². The standard InChI is InChI=1S/C14H20N2O4.C9H10F2O/c1-8-5-13(20-9(8)2)14(19)16-10-3-4-11(15-6-10)12(18)7-17;1-7-3-2-4-8(9(7)11)12-6-5-10/h3-4,6,8-9,12-13,17-18H,5,7H2,1-2H3,(H,16,19);2-4H,5-6H2,1H3. The lowest BCUT2D eigenvalue weighted by molar-refractivity contribution is -0.126. The molecule has 1 fully saturated rings. The number of hydrogen-bond donors (Lipinski definition) is 3. The highest BCUT2D eigenvalue weighted by Crippen LogP contribution is 2.26. The second-order valence-corrected chi connectivity index (χ2v) is 7.63. The minimum atomic E-state index is -1.00. The van der Waals surface area contributed by atoms with E-state index >= 15 is 0 Å². The average Bonchev–Trinajstić information content (AvgIpc) is 3.13. The van der Waals surface area contributed by atoms with E-state index in [1.807, 2.05) is 6.92 Å². The highest BCUT2D eigenvalue weighted by atomic mass is 19.1. The normalized spacial score (nSPS) is 20.8. The van der Waals surface area contributed by atoms with Gasteiger partial charge >= 0.3 is 0 Å². The fourth-order valence-electron chi connectivity index (χ4n) is 3.02. The van der Waals surface area contributed by atoms with Gasteiger partial charge in [0.05, 0.1) is 30.3 Å². The van der Waals surface area contributed by atoms with Gasteiger partial charge in [-0.1, -0.05) is 19.1 Å². The lowest BCUT2D eigenvalue weighted by atomic mass is 10.0. The lowest BCUT2D eigenvalue weighted by Crippen LogP contribution is -2.27. The number of ether oxygens (including phenoxy) is 2. The Morgan fingerprint density at radius 1 is 1.34 bits per heavy atom. The van der Waals surface area contributed by atoms with Gasteiger partial charge in [0.2, 0.25) is 0 Å². The fraction of sp³-hybridized carbons (Fsp3) is 0.478. The Morgan fingerprint density at radius 2 is 2.09 bits per heavy atom. The SMILES string of the molecule is CC1CC(C(=O)Nc2ccc(C(O)CO)nc2)OC1C.Cc1cccc(OCCF)c1F. The van der Waals surface area contributed by atoms with E-state index in [4.69, 9.17) is 14.6 Å². The summed E-state index contributed by atoms with van der Waals surface area (Å²) in [4.78, 5) is 16.0. The first-order chi connectivity index (χ1) is 15.3. The lowest BCUT2D eigenvalue weighted by Gasteiger charge is -2.12. The number of hydrogen-bond acceptors (Lipinski definition) is 6. The summed E-state index contributed by atoms with van der Waals surface area (Å²) in [5.74, 6) is -0.108. The third kappa shape index (κ3) is 7.22. The van der Waals surface area contributed by atoms with Crippen molar-refractivity contribution in [1.29, 1.82) is 0 Å². The number of benzene rings is 1. The van der Waals surface area contributed by atoms with Gasteiger partial charge in [-0.05, 0) is 49.9 Å². The Kier molecular flexibility index (Phi) is 9.96. The number of amides is 1. The van der Waals surface area contributed by atoms with Crippen LogP contribution in [0.25, 0.3) is 0 Å². The third-order valence-corrected chi connectivity index (χ3v) is 5.12. The number of nitrogens with one attached hydrogen (secondary N) is 1. The smallest absolute Gasteiger partial charge is 0.253 e. The molecule has 0 saturated carbocycles. The van der Waals surface area contributed by atoms with Crippen LogP contribution in [-0.4, -0.2) is 53.2 Å². The van der Waals surface area contributed by atoms with Gasteiger partial charge in [-0.3, -0.25) is 9.78 Å². The molecule has 4 atom stereocenters. The minimum absolute atomic E-state index is 0.0888. The minimum Gasteiger partial charge on any atom is -0.488 e.